The van der Waals surface area contributed by atoms with E-state index in [4.69, 9.17) is 18.9 Å². The summed E-state index contributed by atoms with van der Waals surface area (Å²) in [4.78, 5) is 13.6. The van der Waals surface area contributed by atoms with E-state index in [2.05, 4.69) is 20.3 Å². The molecule has 0 spiro atoms. The van der Waals surface area contributed by atoms with Crippen LogP contribution in [-0.2, 0) is 25.6 Å². The second-order valence-corrected chi connectivity index (χ2v) is 9.85. The lowest BCUT2D eigenvalue weighted by Crippen LogP contribution is -2.28. The van der Waals surface area contributed by atoms with Gasteiger partial charge in [-0.15, -0.1) is 0 Å². The largest absolute Gasteiger partial charge is 0.497 e. The summed E-state index contributed by atoms with van der Waals surface area (Å²) in [5.41, 5.74) is 2.55. The number of fused-ring (bicyclic) bond motifs is 2. The third kappa shape index (κ3) is 4.51. The molecule has 1 aliphatic carbocycles. The number of imidazole rings is 1. The Labute approximate surface area is 204 Å². The van der Waals surface area contributed by atoms with Crippen LogP contribution < -0.4 is 5.32 Å². The van der Waals surface area contributed by atoms with E-state index < -0.39 is 12.0 Å². The van der Waals surface area contributed by atoms with E-state index in [1.165, 1.54) is 12.8 Å². The minimum absolute atomic E-state index is 0.276. The van der Waals surface area contributed by atoms with Gasteiger partial charge in [-0.2, -0.15) is 0 Å². The van der Waals surface area contributed by atoms with E-state index >= 15 is 0 Å². The Morgan fingerprint density at radius 2 is 1.89 bits per heavy atom. The first kappa shape index (κ1) is 22.5. The number of hydrogen-bond donors (Lipinski definition) is 1. The van der Waals surface area contributed by atoms with Crippen molar-refractivity contribution in [3.05, 3.63) is 60.9 Å². The summed E-state index contributed by atoms with van der Waals surface area (Å²) < 4.78 is 26.6. The molecule has 4 heterocycles. The standard InChI is InChI=1S/C26H31N5O4/c1-26(2)34-21-19(12-13-32-14-17-8-4-3-5-9-17)33-25(22(21)35-26)31-16-29-20-23(27-15-28-24(20)31)30-18-10-6-7-11-18/h3-5,8-9,12-13,15-16,18-19,21-22,25H,6-7,10-11,14H2,1-2H3,(H,27,28,30). The Hall–Kier alpha value is -3.01. The van der Waals surface area contributed by atoms with Crippen LogP contribution in [0.4, 0.5) is 5.82 Å². The maximum absolute atomic E-state index is 6.43. The number of rotatable bonds is 7. The van der Waals surface area contributed by atoms with Crippen molar-refractivity contribution in [2.24, 2.45) is 0 Å². The van der Waals surface area contributed by atoms with Crippen molar-refractivity contribution in [1.29, 1.82) is 0 Å². The molecule has 6 rings (SSSR count). The van der Waals surface area contributed by atoms with Gasteiger partial charge in [0, 0.05) is 6.04 Å². The van der Waals surface area contributed by atoms with Gasteiger partial charge in [0.15, 0.2) is 29.0 Å². The number of anilines is 1. The van der Waals surface area contributed by atoms with Gasteiger partial charge in [-0.25, -0.2) is 15.0 Å². The lowest BCUT2D eigenvalue weighted by atomic mass is 10.1. The Kier molecular flexibility index (Phi) is 5.91. The molecule has 4 unspecified atom stereocenters. The maximum Gasteiger partial charge on any atom is 0.167 e. The van der Waals surface area contributed by atoms with Gasteiger partial charge in [-0.3, -0.25) is 4.57 Å². The number of nitrogens with zero attached hydrogens (tertiary/aromatic N) is 4. The van der Waals surface area contributed by atoms with Gasteiger partial charge in [0.1, 0.15) is 31.2 Å². The molecule has 2 aliphatic heterocycles. The number of ether oxygens (including phenoxy) is 4. The minimum atomic E-state index is -0.713. The van der Waals surface area contributed by atoms with E-state index in [0.29, 0.717) is 18.3 Å². The number of nitrogens with one attached hydrogen (secondary N) is 1. The maximum atomic E-state index is 6.43. The summed E-state index contributed by atoms with van der Waals surface area (Å²) in [6.45, 7) is 4.34. The molecule has 2 saturated heterocycles. The van der Waals surface area contributed by atoms with Crippen LogP contribution in [0.15, 0.2) is 55.3 Å². The van der Waals surface area contributed by atoms with E-state index in [0.717, 1.165) is 29.7 Å². The van der Waals surface area contributed by atoms with E-state index in [9.17, 15) is 0 Å². The van der Waals surface area contributed by atoms with Crippen molar-refractivity contribution < 1.29 is 18.9 Å². The second kappa shape index (κ2) is 9.22. The van der Waals surface area contributed by atoms with Crippen LogP contribution in [0.2, 0.25) is 0 Å². The summed E-state index contributed by atoms with van der Waals surface area (Å²) in [5.74, 6) is 0.0550. The third-order valence-corrected chi connectivity index (χ3v) is 6.85. The zero-order chi connectivity index (χ0) is 23.8. The number of benzene rings is 1. The Bertz CT molecular complexity index is 1190. The highest BCUT2D eigenvalue weighted by molar-refractivity contribution is 5.82. The van der Waals surface area contributed by atoms with E-state index in [1.54, 1.807) is 18.9 Å². The second-order valence-electron chi connectivity index (χ2n) is 9.85. The van der Waals surface area contributed by atoms with Crippen molar-refractivity contribution in [2.45, 2.75) is 82.5 Å². The highest BCUT2D eigenvalue weighted by atomic mass is 16.8. The summed E-state index contributed by atoms with van der Waals surface area (Å²) in [5, 5.41) is 3.55. The van der Waals surface area contributed by atoms with E-state index in [1.807, 2.05) is 54.8 Å². The molecule has 1 N–H and O–H groups in total. The molecule has 35 heavy (non-hydrogen) atoms. The fourth-order valence-electron chi connectivity index (χ4n) is 5.25. The van der Waals surface area contributed by atoms with Gasteiger partial charge in [0.25, 0.3) is 0 Å². The monoisotopic (exact) mass is 477 g/mol. The highest BCUT2D eigenvalue weighted by Gasteiger charge is 2.55. The molecule has 9 heteroatoms. The predicted molar refractivity (Wildman–Crippen MR) is 129 cm³/mol. The molecule has 1 saturated carbocycles. The average Bonchev–Trinajstić information content (AvgIpc) is 3.62. The van der Waals surface area contributed by atoms with E-state index in [-0.39, 0.29) is 18.3 Å². The normalized spacial score (nSPS) is 28.2. The third-order valence-electron chi connectivity index (χ3n) is 6.85. The Balaban J connectivity index is 1.22. The van der Waals surface area contributed by atoms with Crippen LogP contribution in [0, 0.1) is 0 Å². The molecule has 3 aliphatic rings. The molecule has 9 nitrogen and oxygen atoms in total. The first-order valence-corrected chi connectivity index (χ1v) is 12.3. The first-order valence-electron chi connectivity index (χ1n) is 12.3. The molecular weight excluding hydrogens is 446 g/mol. The van der Waals surface area contributed by atoms with Crippen molar-refractivity contribution in [2.75, 3.05) is 5.32 Å². The molecule has 184 valence electrons. The topological polar surface area (TPSA) is 92.6 Å². The molecule has 0 radical (unpaired) electrons. The van der Waals surface area contributed by atoms with Crippen LogP contribution in [0.5, 0.6) is 0 Å². The molecule has 3 fully saturated rings. The molecule has 3 aromatic rings. The van der Waals surface area contributed by atoms with Gasteiger partial charge in [-0.1, -0.05) is 43.2 Å². The molecule has 2 aromatic heterocycles. The van der Waals surface area contributed by atoms with Crippen molar-refractivity contribution in [3.63, 3.8) is 0 Å². The van der Waals surface area contributed by atoms with Crippen LogP contribution in [0.3, 0.4) is 0 Å². The number of aromatic nitrogens is 4. The predicted octanol–water partition coefficient (Wildman–Crippen LogP) is 4.33. The molecule has 1 aromatic carbocycles. The summed E-state index contributed by atoms with van der Waals surface area (Å²) in [6, 6.07) is 10.5. The van der Waals surface area contributed by atoms with Crippen molar-refractivity contribution >= 4 is 17.0 Å². The molecular formula is C26H31N5O4. The van der Waals surface area contributed by atoms with Crippen LogP contribution in [0.25, 0.3) is 11.2 Å². The fourth-order valence-corrected chi connectivity index (χ4v) is 5.25. The smallest absolute Gasteiger partial charge is 0.167 e. The Morgan fingerprint density at radius 1 is 1.09 bits per heavy atom. The highest BCUT2D eigenvalue weighted by Crippen LogP contribution is 2.44. The molecule has 0 amide bonds. The fraction of sp³-hybridized carbons (Fsp3) is 0.500. The molecule has 4 atom stereocenters. The number of hydrogen-bond acceptors (Lipinski definition) is 8. The summed E-state index contributed by atoms with van der Waals surface area (Å²) in [6.07, 6.45) is 10.4. The first-order chi connectivity index (χ1) is 17.1. The lowest BCUT2D eigenvalue weighted by molar-refractivity contribution is -0.191. The zero-order valence-electron chi connectivity index (χ0n) is 20.0. The summed E-state index contributed by atoms with van der Waals surface area (Å²) >= 11 is 0. The van der Waals surface area contributed by atoms with Crippen LogP contribution in [-0.4, -0.2) is 49.7 Å². The SMILES string of the molecule is CC1(C)OC2C(C=COCc3ccccc3)OC(n3cnc4c(NC5CCCC5)ncnc43)C2O1. The van der Waals surface area contributed by atoms with Gasteiger partial charge < -0.3 is 24.3 Å². The molecule has 0 bridgehead atoms. The Morgan fingerprint density at radius 3 is 2.71 bits per heavy atom. The van der Waals surface area contributed by atoms with Crippen LogP contribution in [0.1, 0.15) is 51.3 Å². The average molecular weight is 478 g/mol. The van der Waals surface area contributed by atoms with Crippen LogP contribution >= 0.6 is 0 Å². The lowest BCUT2D eigenvalue weighted by Gasteiger charge is -2.24. The van der Waals surface area contributed by atoms with Crippen molar-refractivity contribution in [1.82, 2.24) is 19.5 Å². The van der Waals surface area contributed by atoms with Gasteiger partial charge in [0.05, 0.1) is 12.6 Å². The van der Waals surface area contributed by atoms with Crippen molar-refractivity contribution in [3.8, 4) is 0 Å². The van der Waals surface area contributed by atoms with Gasteiger partial charge >= 0.3 is 0 Å². The quantitative estimate of drug-likeness (QED) is 0.503. The zero-order valence-corrected chi connectivity index (χ0v) is 20.0. The van der Waals surface area contributed by atoms with Gasteiger partial charge in [-0.05, 0) is 38.3 Å². The minimum Gasteiger partial charge on any atom is -0.497 e. The van der Waals surface area contributed by atoms with Gasteiger partial charge in [0.2, 0.25) is 0 Å². The summed E-state index contributed by atoms with van der Waals surface area (Å²) in [7, 11) is 0.